The highest BCUT2D eigenvalue weighted by Gasteiger charge is 2.41. The van der Waals surface area contributed by atoms with E-state index in [1.54, 1.807) is 41.6 Å². The van der Waals surface area contributed by atoms with Gasteiger partial charge in [0.1, 0.15) is 24.6 Å². The quantitative estimate of drug-likeness (QED) is 0.350. The van der Waals surface area contributed by atoms with Gasteiger partial charge in [-0.3, -0.25) is 4.57 Å². The number of hydrogen-bond acceptors (Lipinski definition) is 8. The van der Waals surface area contributed by atoms with E-state index in [1.807, 2.05) is 12.1 Å². The Morgan fingerprint density at radius 3 is 2.73 bits per heavy atom. The van der Waals surface area contributed by atoms with Crippen molar-refractivity contribution in [3.63, 3.8) is 0 Å². The highest BCUT2D eigenvalue weighted by molar-refractivity contribution is 6.31. The van der Waals surface area contributed by atoms with Crippen LogP contribution in [0.2, 0.25) is 5.02 Å². The summed E-state index contributed by atoms with van der Waals surface area (Å²) in [5.74, 6) is 0.727. The molecule has 0 saturated heterocycles. The van der Waals surface area contributed by atoms with Crippen molar-refractivity contribution in [2.45, 2.75) is 31.2 Å². The van der Waals surface area contributed by atoms with Gasteiger partial charge in [0.15, 0.2) is 5.82 Å². The number of aliphatic hydroxyl groups is 1. The van der Waals surface area contributed by atoms with Gasteiger partial charge < -0.3 is 15.3 Å². The Hall–Kier alpha value is -4.15. The van der Waals surface area contributed by atoms with Crippen molar-refractivity contribution in [3.8, 4) is 5.95 Å². The van der Waals surface area contributed by atoms with Gasteiger partial charge in [0.2, 0.25) is 5.95 Å². The third-order valence-electron chi connectivity index (χ3n) is 7.01. The summed E-state index contributed by atoms with van der Waals surface area (Å²) in [4.78, 5) is 24.5. The molecule has 184 valence electrons. The highest BCUT2D eigenvalue weighted by atomic mass is 35.5. The molecule has 0 bridgehead atoms. The number of imidazole rings is 1. The number of aliphatic hydroxyl groups excluding tert-OH is 1. The maximum absolute atomic E-state index is 14.4. The third-order valence-corrected chi connectivity index (χ3v) is 7.24. The Labute approximate surface area is 215 Å². The van der Waals surface area contributed by atoms with Crippen molar-refractivity contribution in [2.75, 3.05) is 10.2 Å². The summed E-state index contributed by atoms with van der Waals surface area (Å²) in [7, 11) is 0. The molecule has 3 aromatic heterocycles. The molecule has 37 heavy (non-hydrogen) atoms. The summed E-state index contributed by atoms with van der Waals surface area (Å²) in [6.45, 7) is 0. The van der Waals surface area contributed by atoms with Gasteiger partial charge >= 0.3 is 0 Å². The van der Waals surface area contributed by atoms with Crippen LogP contribution in [-0.4, -0.2) is 34.6 Å². The molecule has 5 aromatic rings. The van der Waals surface area contributed by atoms with Crippen LogP contribution >= 0.6 is 11.6 Å². The molecule has 2 aromatic carbocycles. The van der Waals surface area contributed by atoms with Crippen LogP contribution in [0, 0.1) is 5.82 Å². The Morgan fingerprint density at radius 1 is 1.00 bits per heavy atom. The Bertz CT molecular complexity index is 1650. The molecular formula is C26H20ClFN8O. The first kappa shape index (κ1) is 22.1. The van der Waals surface area contributed by atoms with E-state index in [4.69, 9.17) is 16.6 Å². The van der Waals surface area contributed by atoms with Crippen molar-refractivity contribution in [1.29, 1.82) is 0 Å². The number of benzene rings is 2. The van der Waals surface area contributed by atoms with E-state index in [9.17, 15) is 9.50 Å². The molecular weight excluding hydrogens is 495 g/mol. The van der Waals surface area contributed by atoms with E-state index in [0.717, 1.165) is 33.4 Å². The first-order valence-electron chi connectivity index (χ1n) is 11.8. The topological polar surface area (TPSA) is 105 Å². The highest BCUT2D eigenvalue weighted by Crippen LogP contribution is 2.49. The zero-order valence-corrected chi connectivity index (χ0v) is 20.1. The summed E-state index contributed by atoms with van der Waals surface area (Å²) >= 11 is 6.25. The number of anilines is 2. The smallest absolute Gasteiger partial charge is 0.237 e. The zero-order chi connectivity index (χ0) is 25.1. The Kier molecular flexibility index (Phi) is 5.05. The molecule has 1 unspecified atom stereocenters. The molecule has 0 amide bonds. The lowest BCUT2D eigenvalue weighted by Crippen LogP contribution is -2.35. The fourth-order valence-corrected chi connectivity index (χ4v) is 5.50. The molecule has 0 spiro atoms. The van der Waals surface area contributed by atoms with Crippen molar-refractivity contribution < 1.29 is 9.50 Å². The lowest BCUT2D eigenvalue weighted by Gasteiger charge is -2.39. The number of halogens is 2. The molecule has 0 radical (unpaired) electrons. The van der Waals surface area contributed by atoms with Gasteiger partial charge in [-0.25, -0.2) is 24.3 Å². The van der Waals surface area contributed by atoms with Crippen LogP contribution in [0.3, 0.4) is 0 Å². The number of nitrogens with one attached hydrogen (secondary N) is 1. The molecule has 1 aliphatic heterocycles. The lowest BCUT2D eigenvalue weighted by molar-refractivity contribution is 0.149. The van der Waals surface area contributed by atoms with Gasteiger partial charge in [-0.2, -0.15) is 4.98 Å². The molecule has 2 N–H and O–H groups in total. The summed E-state index contributed by atoms with van der Waals surface area (Å²) in [6.07, 6.45) is 8.48. The molecule has 2 aliphatic rings. The Morgan fingerprint density at radius 2 is 1.86 bits per heavy atom. The molecule has 4 heterocycles. The van der Waals surface area contributed by atoms with Gasteiger partial charge in [-0.05, 0) is 54.3 Å². The van der Waals surface area contributed by atoms with E-state index < -0.39 is 6.10 Å². The molecule has 7 rings (SSSR count). The number of aromatic nitrogens is 6. The van der Waals surface area contributed by atoms with E-state index >= 15 is 0 Å². The van der Waals surface area contributed by atoms with Crippen LogP contribution in [-0.2, 0) is 0 Å². The minimum Gasteiger partial charge on any atom is -0.388 e. The normalized spacial score (nSPS) is 20.5. The minimum absolute atomic E-state index is 0.259. The predicted molar refractivity (Wildman–Crippen MR) is 136 cm³/mol. The molecule has 1 aliphatic carbocycles. The zero-order valence-electron chi connectivity index (χ0n) is 19.3. The van der Waals surface area contributed by atoms with Crippen LogP contribution in [0.4, 0.5) is 15.9 Å². The van der Waals surface area contributed by atoms with Crippen molar-refractivity contribution in [2.24, 2.45) is 0 Å². The fraction of sp³-hybridized carbons (Fsp3) is 0.192. The molecule has 0 saturated carbocycles. The predicted octanol–water partition coefficient (Wildman–Crippen LogP) is 4.90. The second-order valence-corrected chi connectivity index (χ2v) is 9.60. The van der Waals surface area contributed by atoms with E-state index in [-0.39, 0.29) is 18.0 Å². The maximum atomic E-state index is 14.4. The van der Waals surface area contributed by atoms with E-state index in [1.165, 1.54) is 18.5 Å². The summed E-state index contributed by atoms with van der Waals surface area (Å²) in [6, 6.07) is 9.76. The maximum Gasteiger partial charge on any atom is 0.237 e. The number of rotatable bonds is 3. The molecule has 11 heteroatoms. The lowest BCUT2D eigenvalue weighted by atomic mass is 9.84. The molecule has 3 atom stereocenters. The van der Waals surface area contributed by atoms with E-state index in [0.29, 0.717) is 29.6 Å². The van der Waals surface area contributed by atoms with Crippen LogP contribution in [0.15, 0.2) is 67.6 Å². The second kappa shape index (κ2) is 8.46. The Balaban J connectivity index is 1.40. The average molecular weight is 515 g/mol. The van der Waals surface area contributed by atoms with Gasteiger partial charge in [0.25, 0.3) is 0 Å². The van der Waals surface area contributed by atoms with Crippen LogP contribution < -0.4 is 10.2 Å². The third kappa shape index (κ3) is 3.59. The van der Waals surface area contributed by atoms with Crippen molar-refractivity contribution in [3.05, 3.63) is 95.2 Å². The number of hydrogen-bond donors (Lipinski definition) is 2. The summed E-state index contributed by atoms with van der Waals surface area (Å²) in [5, 5.41) is 14.7. The number of nitrogens with zero attached hydrogens (tertiary/aromatic N) is 7. The van der Waals surface area contributed by atoms with Crippen LogP contribution in [0.5, 0.6) is 0 Å². The standard InChI is InChI=1S/C26H20ClFN8O/c27-15-1-4-19-22(7-15)35(13-32-19)26-31-11-20-25(34-26)36(24(33-20)14-9-29-12-30-10-14)21-5-6-23(37)17-3-2-16(28)8-18(17)21/h1-4,7-13,21,23-24,33,37H,5-6H2/t21-,23-,24?/m1/s1. The first-order chi connectivity index (χ1) is 18.1. The van der Waals surface area contributed by atoms with Gasteiger partial charge in [0.05, 0.1) is 35.1 Å². The minimum atomic E-state index is -0.650. The largest absolute Gasteiger partial charge is 0.388 e. The van der Waals surface area contributed by atoms with Gasteiger partial charge in [-0.15, -0.1) is 0 Å². The van der Waals surface area contributed by atoms with Crippen LogP contribution in [0.25, 0.3) is 17.0 Å². The van der Waals surface area contributed by atoms with Crippen molar-refractivity contribution in [1.82, 2.24) is 29.5 Å². The summed E-state index contributed by atoms with van der Waals surface area (Å²) < 4.78 is 16.2. The average Bonchev–Trinajstić information content (AvgIpc) is 3.50. The van der Waals surface area contributed by atoms with E-state index in [2.05, 4.69) is 30.2 Å². The van der Waals surface area contributed by atoms with Crippen LogP contribution in [0.1, 0.15) is 47.8 Å². The SMILES string of the molecule is O[C@@H]1CC[C@@H](N2c3nc(-n4cnc5ccc(Cl)cc54)ncc3NC2c2cncnc2)c2cc(F)ccc21. The molecule has 9 nitrogen and oxygen atoms in total. The molecule has 0 fully saturated rings. The van der Waals surface area contributed by atoms with Gasteiger partial charge in [0, 0.05) is 23.0 Å². The monoisotopic (exact) mass is 514 g/mol. The van der Waals surface area contributed by atoms with Gasteiger partial charge in [-0.1, -0.05) is 17.7 Å². The van der Waals surface area contributed by atoms with Crippen molar-refractivity contribution >= 4 is 34.1 Å². The number of fused-ring (bicyclic) bond motifs is 3. The fourth-order valence-electron chi connectivity index (χ4n) is 5.33. The summed E-state index contributed by atoms with van der Waals surface area (Å²) in [5.41, 5.74) is 4.56. The second-order valence-electron chi connectivity index (χ2n) is 9.16. The first-order valence-corrected chi connectivity index (χ1v) is 12.2.